The lowest BCUT2D eigenvalue weighted by Crippen LogP contribution is -2.26. The van der Waals surface area contributed by atoms with E-state index in [9.17, 15) is 14.4 Å². The first-order valence-electron chi connectivity index (χ1n) is 11.5. The largest absolute Gasteiger partial charge is 0.464 e. The van der Waals surface area contributed by atoms with Crippen molar-refractivity contribution in [3.05, 3.63) is 24.1 Å². The van der Waals surface area contributed by atoms with Crippen LogP contribution in [0.25, 0.3) is 0 Å². The van der Waals surface area contributed by atoms with Crippen molar-refractivity contribution < 1.29 is 51.6 Å². The Hall–Kier alpha value is -3.35. The van der Waals surface area contributed by atoms with Crippen molar-refractivity contribution >= 4 is 17.7 Å². The molecular formula is C24H50N6O11. The number of rotatable bonds is 11. The number of carbonyl (C=O) groups is 3. The molecule has 1 amide bonds. The highest BCUT2D eigenvalue weighted by Gasteiger charge is 2.12. The number of nitrogens with zero attached hydrogens (tertiary/aromatic N) is 4. The van der Waals surface area contributed by atoms with Crippen LogP contribution in [0, 0.1) is 13.8 Å². The van der Waals surface area contributed by atoms with Gasteiger partial charge in [0.05, 0.1) is 6.61 Å². The fourth-order valence-electron chi connectivity index (χ4n) is 1.57. The molecule has 0 aliphatic heterocycles. The second-order valence-electron chi connectivity index (χ2n) is 6.28. The Labute approximate surface area is 242 Å². The SMILES string of the molecule is C.C.CC(=O)NN.CCOCC(=O)OCC.CCOCC(=O)c1nnc(C)o1.COC(OC)OC.Cc1nnco1. The minimum absolute atomic E-state index is 0. The molecule has 0 aliphatic rings. The molecule has 2 aromatic rings. The van der Waals surface area contributed by atoms with Crippen molar-refractivity contribution in [3.8, 4) is 0 Å². The number of ether oxygens (including phenoxy) is 6. The second-order valence-corrected chi connectivity index (χ2v) is 6.28. The molecule has 17 nitrogen and oxygen atoms in total. The molecule has 3 N–H and O–H groups in total. The molecule has 2 heterocycles. The molecule has 0 unspecified atom stereocenters. The van der Waals surface area contributed by atoms with Gasteiger partial charge in [-0.1, -0.05) is 14.9 Å². The number of nitrogens with two attached hydrogens (primary N) is 1. The molecule has 0 saturated carbocycles. The molecule has 0 atom stereocenters. The van der Waals surface area contributed by atoms with Crippen LogP contribution < -0.4 is 11.3 Å². The number of aryl methyl sites for hydroxylation is 2. The Bertz CT molecular complexity index is 826. The molecular weight excluding hydrogens is 548 g/mol. The van der Waals surface area contributed by atoms with Crippen LogP contribution in [-0.2, 0) is 38.0 Å². The monoisotopic (exact) mass is 598 g/mol. The number of hydrazine groups is 1. The number of aromatic nitrogens is 4. The molecule has 2 rings (SSSR count). The Morgan fingerprint density at radius 3 is 1.66 bits per heavy atom. The first kappa shape index (κ1) is 47.4. The molecule has 0 radical (unpaired) electrons. The van der Waals surface area contributed by atoms with E-state index in [1.165, 1.54) is 34.6 Å². The van der Waals surface area contributed by atoms with Crippen LogP contribution in [0.3, 0.4) is 0 Å². The van der Waals surface area contributed by atoms with Gasteiger partial charge in [-0.05, 0) is 20.8 Å². The summed E-state index contributed by atoms with van der Waals surface area (Å²) in [6, 6.07) is 0. The van der Waals surface area contributed by atoms with Gasteiger partial charge in [0, 0.05) is 55.3 Å². The fourth-order valence-corrected chi connectivity index (χ4v) is 1.57. The van der Waals surface area contributed by atoms with Gasteiger partial charge in [0.15, 0.2) is 0 Å². The summed E-state index contributed by atoms with van der Waals surface area (Å²) in [5.41, 5.74) is 1.89. The average molecular weight is 599 g/mol. The van der Waals surface area contributed by atoms with Crippen molar-refractivity contribution in [2.75, 3.05) is 54.4 Å². The zero-order chi connectivity index (χ0) is 30.5. The summed E-state index contributed by atoms with van der Waals surface area (Å²) < 4.78 is 37.5. The third-order valence-electron chi connectivity index (χ3n) is 3.18. The van der Waals surface area contributed by atoms with Gasteiger partial charge in [-0.25, -0.2) is 10.6 Å². The van der Waals surface area contributed by atoms with Gasteiger partial charge in [0.1, 0.15) is 13.2 Å². The molecule has 0 aliphatic carbocycles. The van der Waals surface area contributed by atoms with Gasteiger partial charge in [0.25, 0.3) is 12.4 Å². The number of hydrogen-bond acceptors (Lipinski definition) is 16. The second kappa shape index (κ2) is 34.7. The van der Waals surface area contributed by atoms with Crippen LogP contribution in [0.1, 0.15) is 65.0 Å². The summed E-state index contributed by atoms with van der Waals surface area (Å²) in [4.78, 5) is 31.1. The topological polar surface area (TPSA) is 222 Å². The quantitative estimate of drug-likeness (QED) is 0.0942. The number of ketones is 1. The molecule has 242 valence electrons. The third-order valence-corrected chi connectivity index (χ3v) is 3.18. The molecule has 0 bridgehead atoms. The number of esters is 1. The average Bonchev–Trinajstić information content (AvgIpc) is 3.59. The van der Waals surface area contributed by atoms with E-state index in [4.69, 9.17) is 13.9 Å². The Morgan fingerprint density at radius 2 is 1.39 bits per heavy atom. The Morgan fingerprint density at radius 1 is 0.878 bits per heavy atom. The highest BCUT2D eigenvalue weighted by atomic mass is 16.8. The molecule has 0 fully saturated rings. The number of nitrogens with one attached hydrogen (secondary N) is 1. The Balaban J connectivity index is -0.000000135. The van der Waals surface area contributed by atoms with Crippen molar-refractivity contribution in [3.63, 3.8) is 0 Å². The standard InChI is InChI=1S/C7H10N2O3.C6H12O3.C4H10O3.C3H4N2O.C2H6N2O.2CH4/c1-3-11-4-6(10)7-9-8-5(2)12-7;1-3-8-5-6(7)9-4-2;1-5-4(6-2)7-3;1-3-5-4-2-6-3;1-2(5)4-3;;/h3-4H2,1-2H3;3-5H2,1-2H3;4H,1-3H3;2H,1H3;3H2,1H3,(H,4,5);2*1H4. The Kier molecular flexibility index (Phi) is 40.1. The van der Waals surface area contributed by atoms with E-state index in [0.717, 1.165) is 0 Å². The first-order chi connectivity index (χ1) is 18.6. The summed E-state index contributed by atoms with van der Waals surface area (Å²) in [6.45, 7) is 11.2. The number of amides is 1. The van der Waals surface area contributed by atoms with Crippen molar-refractivity contribution in [2.45, 2.75) is 62.9 Å². The zero-order valence-electron chi connectivity index (χ0n) is 24.0. The summed E-state index contributed by atoms with van der Waals surface area (Å²) in [5.74, 6) is 4.79. The zero-order valence-corrected chi connectivity index (χ0v) is 24.0. The van der Waals surface area contributed by atoms with Crippen LogP contribution in [0.5, 0.6) is 0 Å². The maximum absolute atomic E-state index is 11.1. The van der Waals surface area contributed by atoms with Gasteiger partial charge in [-0.3, -0.25) is 15.0 Å². The predicted molar refractivity (Wildman–Crippen MR) is 148 cm³/mol. The molecule has 0 saturated heterocycles. The summed E-state index contributed by atoms with van der Waals surface area (Å²) in [7, 11) is 4.53. The maximum Gasteiger partial charge on any atom is 0.332 e. The minimum Gasteiger partial charge on any atom is -0.464 e. The third kappa shape index (κ3) is 34.6. The predicted octanol–water partition coefficient (Wildman–Crippen LogP) is 2.04. The summed E-state index contributed by atoms with van der Waals surface area (Å²) in [5, 5.41) is 14.0. The smallest absolute Gasteiger partial charge is 0.332 e. The van der Waals surface area contributed by atoms with Gasteiger partial charge in [-0.15, -0.1) is 20.4 Å². The van der Waals surface area contributed by atoms with E-state index in [-0.39, 0.29) is 51.6 Å². The molecule has 17 heteroatoms. The van der Waals surface area contributed by atoms with E-state index in [2.05, 4.69) is 49.6 Å². The van der Waals surface area contributed by atoms with Crippen molar-refractivity contribution in [1.29, 1.82) is 0 Å². The fraction of sp³-hybridized carbons (Fsp3) is 0.708. The van der Waals surface area contributed by atoms with Crippen LogP contribution in [0.2, 0.25) is 0 Å². The van der Waals surface area contributed by atoms with Crippen LogP contribution in [0.4, 0.5) is 0 Å². The van der Waals surface area contributed by atoms with Gasteiger partial charge in [0.2, 0.25) is 29.9 Å². The minimum atomic E-state index is -0.514. The molecule has 0 spiro atoms. The van der Waals surface area contributed by atoms with Gasteiger partial charge in [-0.2, -0.15) is 0 Å². The van der Waals surface area contributed by atoms with Crippen LogP contribution >= 0.6 is 0 Å². The van der Waals surface area contributed by atoms with Crippen LogP contribution in [-0.4, -0.2) is 98.9 Å². The number of hydrogen-bond donors (Lipinski definition) is 2. The van der Waals surface area contributed by atoms with E-state index < -0.39 is 6.48 Å². The number of Topliss-reactive ketones (excluding diaryl/α,β-unsaturated/α-hetero) is 1. The van der Waals surface area contributed by atoms with Gasteiger partial charge >= 0.3 is 5.97 Å². The van der Waals surface area contributed by atoms with Crippen LogP contribution in [0.15, 0.2) is 15.2 Å². The van der Waals surface area contributed by atoms with Gasteiger partial charge < -0.3 is 37.3 Å². The highest BCUT2D eigenvalue weighted by molar-refractivity contribution is 5.92. The summed E-state index contributed by atoms with van der Waals surface area (Å²) >= 11 is 0. The lowest BCUT2D eigenvalue weighted by molar-refractivity contribution is -0.252. The van der Waals surface area contributed by atoms with E-state index in [1.54, 1.807) is 20.8 Å². The van der Waals surface area contributed by atoms with Crippen molar-refractivity contribution in [2.24, 2.45) is 5.84 Å². The summed E-state index contributed by atoms with van der Waals surface area (Å²) in [6.07, 6.45) is 1.30. The number of methoxy groups -OCH3 is 3. The van der Waals surface area contributed by atoms with E-state index in [0.29, 0.717) is 31.6 Å². The highest BCUT2D eigenvalue weighted by Crippen LogP contribution is 1.98. The normalized spacial score (nSPS) is 8.85. The van der Waals surface area contributed by atoms with E-state index >= 15 is 0 Å². The van der Waals surface area contributed by atoms with E-state index in [1.807, 2.05) is 19.3 Å². The lowest BCUT2D eigenvalue weighted by atomic mass is 10.4. The number of carbonyl (C=O) groups excluding carboxylic acids is 3. The molecule has 41 heavy (non-hydrogen) atoms. The first-order valence-corrected chi connectivity index (χ1v) is 11.5. The molecule has 0 aromatic carbocycles. The lowest BCUT2D eigenvalue weighted by Gasteiger charge is -2.08. The maximum atomic E-state index is 11.1. The van der Waals surface area contributed by atoms with Crippen molar-refractivity contribution in [1.82, 2.24) is 25.8 Å². The molecule has 2 aromatic heterocycles.